The number of aromatic nitrogens is 2. The number of hydrogen-bond donors (Lipinski definition) is 0. The lowest BCUT2D eigenvalue weighted by atomic mass is 10.2. The van der Waals surface area contributed by atoms with E-state index in [0.717, 1.165) is 16.8 Å². The van der Waals surface area contributed by atoms with Gasteiger partial charge >= 0.3 is 0 Å². The summed E-state index contributed by atoms with van der Waals surface area (Å²) >= 11 is 0. The number of pyridine rings is 1. The number of nitrogens with zero attached hydrogens (tertiary/aromatic N) is 2. The number of hydrogen-bond acceptors (Lipinski definition) is 4. The Bertz CT molecular complexity index is 600. The Kier molecular flexibility index (Phi) is 3.73. The van der Waals surface area contributed by atoms with Crippen LogP contribution in [0.15, 0.2) is 29.1 Å². The summed E-state index contributed by atoms with van der Waals surface area (Å²) in [7, 11) is -0.117. The minimum absolute atomic E-state index is 0.196. The van der Waals surface area contributed by atoms with E-state index < -0.39 is 8.07 Å². The molecule has 0 radical (unpaired) electrons. The maximum Gasteiger partial charge on any atom is 0.167 e. The van der Waals surface area contributed by atoms with Crippen molar-refractivity contribution in [2.45, 2.75) is 38.9 Å². The molecule has 5 heteroatoms. The van der Waals surface area contributed by atoms with Gasteiger partial charge in [0.15, 0.2) is 19.3 Å². The van der Waals surface area contributed by atoms with Gasteiger partial charge in [-0.15, -0.1) is 0 Å². The Balaban J connectivity index is 2.38. The summed E-state index contributed by atoms with van der Waals surface area (Å²) in [6.07, 6.45) is 5.22. The minimum Gasteiger partial charge on any atom is -0.495 e. The molecule has 0 aliphatic heterocycles. The third-order valence-corrected chi connectivity index (χ3v) is 9.20. The highest BCUT2D eigenvalue weighted by atomic mass is 28.3. The average Bonchev–Trinajstić information content (AvgIpc) is 2.87. The van der Waals surface area contributed by atoms with Crippen LogP contribution in [0.4, 0.5) is 0 Å². The van der Waals surface area contributed by atoms with Gasteiger partial charge in [-0.05, 0) is 11.1 Å². The quantitative estimate of drug-likeness (QED) is 0.812. The first-order valence-electron chi connectivity index (χ1n) is 6.71. The molecule has 0 saturated heterocycles. The molecule has 2 heterocycles. The maximum absolute atomic E-state index is 6.02. The van der Waals surface area contributed by atoms with Crippen LogP contribution in [0.5, 0.6) is 5.75 Å². The Morgan fingerprint density at radius 3 is 2.45 bits per heavy atom. The fourth-order valence-electron chi connectivity index (χ4n) is 1.68. The molecule has 0 N–H and O–H groups in total. The molecule has 0 fully saturated rings. The van der Waals surface area contributed by atoms with Crippen LogP contribution in [-0.2, 0) is 0 Å². The molecule has 108 valence electrons. The maximum atomic E-state index is 6.02. The first kappa shape index (κ1) is 14.8. The number of ether oxygens (including phenoxy) is 1. The van der Waals surface area contributed by atoms with Crippen molar-refractivity contribution >= 4 is 13.6 Å². The lowest BCUT2D eigenvalue weighted by Crippen LogP contribution is -2.50. The Morgan fingerprint density at radius 1 is 1.15 bits per heavy atom. The summed E-state index contributed by atoms with van der Waals surface area (Å²) in [5, 5.41) is 0.196. The van der Waals surface area contributed by atoms with E-state index in [2.05, 4.69) is 43.8 Å². The molecule has 0 aliphatic carbocycles. The van der Waals surface area contributed by atoms with E-state index >= 15 is 0 Å². The van der Waals surface area contributed by atoms with Crippen LogP contribution >= 0.6 is 0 Å². The van der Waals surface area contributed by atoms with E-state index in [1.807, 2.05) is 6.07 Å². The Labute approximate surface area is 121 Å². The summed E-state index contributed by atoms with van der Waals surface area (Å²) in [5.41, 5.74) is 1.77. The Morgan fingerprint density at radius 2 is 1.85 bits per heavy atom. The van der Waals surface area contributed by atoms with Crippen molar-refractivity contribution in [3.05, 3.63) is 24.7 Å². The number of oxazole rings is 1. The van der Waals surface area contributed by atoms with Gasteiger partial charge in [0.1, 0.15) is 5.75 Å². The zero-order valence-electron chi connectivity index (χ0n) is 13.0. The fourth-order valence-corrected chi connectivity index (χ4v) is 3.08. The smallest absolute Gasteiger partial charge is 0.167 e. The highest BCUT2D eigenvalue weighted by Crippen LogP contribution is 2.35. The molecule has 2 aromatic rings. The molecule has 2 aromatic heterocycles. The summed E-state index contributed by atoms with van der Waals surface area (Å²) in [6.45, 7) is 11.3. The third-order valence-electron chi connectivity index (χ3n) is 4.15. The fraction of sp³-hybridized carbons (Fsp3) is 0.467. The molecule has 4 nitrogen and oxygen atoms in total. The zero-order valence-corrected chi connectivity index (χ0v) is 14.0. The van der Waals surface area contributed by atoms with Crippen molar-refractivity contribution in [2.75, 3.05) is 7.11 Å². The molecule has 0 aromatic carbocycles. The first-order chi connectivity index (χ1) is 9.25. The van der Waals surface area contributed by atoms with Crippen LogP contribution < -0.4 is 10.3 Å². The molecule has 0 bridgehead atoms. The molecule has 0 atom stereocenters. The summed E-state index contributed by atoms with van der Waals surface area (Å²) in [4.78, 5) is 8.66. The molecule has 2 rings (SSSR count). The van der Waals surface area contributed by atoms with Crippen LogP contribution in [0, 0.1) is 0 Å². The van der Waals surface area contributed by atoms with Crippen molar-refractivity contribution in [3.63, 3.8) is 0 Å². The van der Waals surface area contributed by atoms with Crippen molar-refractivity contribution in [3.8, 4) is 17.1 Å². The van der Waals surface area contributed by atoms with Crippen molar-refractivity contribution < 1.29 is 9.15 Å². The molecule has 0 spiro atoms. The van der Waals surface area contributed by atoms with Gasteiger partial charge < -0.3 is 9.15 Å². The lowest BCUT2D eigenvalue weighted by Gasteiger charge is -2.33. The van der Waals surface area contributed by atoms with E-state index in [1.54, 1.807) is 25.7 Å². The second-order valence-electron chi connectivity index (χ2n) is 6.52. The molecule has 0 aliphatic rings. The molecule has 0 amide bonds. The van der Waals surface area contributed by atoms with E-state index in [-0.39, 0.29) is 5.04 Å². The van der Waals surface area contributed by atoms with Crippen molar-refractivity contribution in [1.29, 1.82) is 0 Å². The lowest BCUT2D eigenvalue weighted by molar-refractivity contribution is 0.413. The van der Waals surface area contributed by atoms with E-state index in [4.69, 9.17) is 9.15 Å². The standard InChI is InChI=1S/C15H22N2O2Si/c1-15(2,3)20(5,6)14-17-10-13(19-14)11-7-12(18-4)9-16-8-11/h7-10H,1-6H3. The van der Waals surface area contributed by atoms with E-state index in [1.165, 1.54) is 0 Å². The van der Waals surface area contributed by atoms with Gasteiger partial charge in [-0.2, -0.15) is 0 Å². The van der Waals surface area contributed by atoms with Crippen LogP contribution in [-0.4, -0.2) is 25.2 Å². The monoisotopic (exact) mass is 290 g/mol. The van der Waals surface area contributed by atoms with Crippen LogP contribution in [0.2, 0.25) is 18.1 Å². The van der Waals surface area contributed by atoms with Gasteiger partial charge in [0.05, 0.1) is 19.5 Å². The SMILES string of the molecule is COc1cncc(-c2cnc([Si](C)(C)C(C)(C)C)o2)c1. The molecule has 0 saturated carbocycles. The second kappa shape index (κ2) is 5.05. The van der Waals surface area contributed by atoms with Crippen LogP contribution in [0.3, 0.4) is 0 Å². The second-order valence-corrected chi connectivity index (χ2v) is 11.7. The number of rotatable bonds is 3. The van der Waals surface area contributed by atoms with Gasteiger partial charge in [0, 0.05) is 11.8 Å². The number of methoxy groups -OCH3 is 1. The summed E-state index contributed by atoms with van der Waals surface area (Å²) in [6, 6.07) is 1.91. The van der Waals surface area contributed by atoms with E-state index in [9.17, 15) is 0 Å². The molecular formula is C15H22N2O2Si. The topological polar surface area (TPSA) is 48.2 Å². The van der Waals surface area contributed by atoms with Crippen molar-refractivity contribution in [2.24, 2.45) is 0 Å². The predicted molar refractivity (Wildman–Crippen MR) is 83.1 cm³/mol. The third kappa shape index (κ3) is 2.63. The highest BCUT2D eigenvalue weighted by molar-refractivity contribution is 6.90. The average molecular weight is 290 g/mol. The molecular weight excluding hydrogens is 268 g/mol. The van der Waals surface area contributed by atoms with Gasteiger partial charge in [0.25, 0.3) is 0 Å². The van der Waals surface area contributed by atoms with Gasteiger partial charge in [-0.3, -0.25) is 4.98 Å². The Hall–Kier alpha value is -1.62. The first-order valence-corrected chi connectivity index (χ1v) is 9.71. The van der Waals surface area contributed by atoms with Gasteiger partial charge in [0.2, 0.25) is 0 Å². The highest BCUT2D eigenvalue weighted by Gasteiger charge is 2.41. The normalized spacial score (nSPS) is 12.5. The molecule has 0 unspecified atom stereocenters. The predicted octanol–water partition coefficient (Wildman–Crippen LogP) is 3.46. The van der Waals surface area contributed by atoms with Crippen LogP contribution in [0.25, 0.3) is 11.3 Å². The van der Waals surface area contributed by atoms with Gasteiger partial charge in [-0.25, -0.2) is 4.98 Å². The minimum atomic E-state index is -1.74. The van der Waals surface area contributed by atoms with E-state index in [0.29, 0.717) is 5.75 Å². The van der Waals surface area contributed by atoms with Crippen LogP contribution in [0.1, 0.15) is 20.8 Å². The molecule has 20 heavy (non-hydrogen) atoms. The van der Waals surface area contributed by atoms with Crippen molar-refractivity contribution in [1.82, 2.24) is 9.97 Å². The van der Waals surface area contributed by atoms with Gasteiger partial charge in [-0.1, -0.05) is 33.9 Å². The summed E-state index contributed by atoms with van der Waals surface area (Å²) in [5.74, 6) is 1.46. The largest absolute Gasteiger partial charge is 0.495 e. The summed E-state index contributed by atoms with van der Waals surface area (Å²) < 4.78 is 11.2. The zero-order chi connectivity index (χ0) is 15.0.